The van der Waals surface area contributed by atoms with Gasteiger partial charge in [0.05, 0.1) is 5.69 Å². The molecule has 1 atom stereocenters. The standard InChI is InChI=1S/C17H21FN2/c1-4-13-8-10-14(11-9-13)20(3)17-15(12(2)19)6-5-7-16(17)18/h5-12H,4,19H2,1-3H3/t12-/m1/s1. The highest BCUT2D eigenvalue weighted by Gasteiger charge is 2.16. The quantitative estimate of drug-likeness (QED) is 0.905. The molecule has 0 fully saturated rings. The molecule has 20 heavy (non-hydrogen) atoms. The van der Waals surface area contributed by atoms with Gasteiger partial charge in [-0.15, -0.1) is 0 Å². The molecular weight excluding hydrogens is 251 g/mol. The number of para-hydroxylation sites is 1. The second kappa shape index (κ2) is 6.06. The molecule has 0 heterocycles. The minimum atomic E-state index is -0.248. The Morgan fingerprint density at radius 3 is 2.35 bits per heavy atom. The summed E-state index contributed by atoms with van der Waals surface area (Å²) in [6.07, 6.45) is 0.995. The molecule has 0 spiro atoms. The summed E-state index contributed by atoms with van der Waals surface area (Å²) in [6.45, 7) is 3.98. The molecule has 2 N–H and O–H groups in total. The molecule has 106 valence electrons. The zero-order chi connectivity index (χ0) is 14.7. The number of nitrogens with zero attached hydrogens (tertiary/aromatic N) is 1. The van der Waals surface area contributed by atoms with Crippen LogP contribution in [0.4, 0.5) is 15.8 Å². The Kier molecular flexibility index (Phi) is 4.40. The van der Waals surface area contributed by atoms with E-state index in [4.69, 9.17) is 5.73 Å². The SMILES string of the molecule is CCc1ccc(N(C)c2c(F)cccc2[C@@H](C)N)cc1. The second-order valence-corrected chi connectivity index (χ2v) is 5.05. The molecule has 0 aliphatic carbocycles. The van der Waals surface area contributed by atoms with Crippen LogP contribution in [0.25, 0.3) is 0 Å². The van der Waals surface area contributed by atoms with Crippen molar-refractivity contribution in [3.63, 3.8) is 0 Å². The Labute approximate surface area is 120 Å². The van der Waals surface area contributed by atoms with Crippen LogP contribution in [-0.4, -0.2) is 7.05 Å². The summed E-state index contributed by atoms with van der Waals surface area (Å²) in [7, 11) is 1.87. The highest BCUT2D eigenvalue weighted by atomic mass is 19.1. The minimum Gasteiger partial charge on any atom is -0.342 e. The van der Waals surface area contributed by atoms with E-state index in [2.05, 4.69) is 19.1 Å². The van der Waals surface area contributed by atoms with Gasteiger partial charge in [0.1, 0.15) is 5.82 Å². The first kappa shape index (κ1) is 14.5. The lowest BCUT2D eigenvalue weighted by Gasteiger charge is -2.24. The van der Waals surface area contributed by atoms with E-state index in [9.17, 15) is 4.39 Å². The van der Waals surface area contributed by atoms with Crippen molar-refractivity contribution < 1.29 is 4.39 Å². The van der Waals surface area contributed by atoms with E-state index in [1.54, 1.807) is 6.07 Å². The lowest BCUT2D eigenvalue weighted by Crippen LogP contribution is -2.17. The van der Waals surface area contributed by atoms with E-state index in [-0.39, 0.29) is 11.9 Å². The number of hydrogen-bond donors (Lipinski definition) is 1. The summed E-state index contributed by atoms with van der Waals surface area (Å²) < 4.78 is 14.2. The van der Waals surface area contributed by atoms with Gasteiger partial charge >= 0.3 is 0 Å². The van der Waals surface area contributed by atoms with Crippen molar-refractivity contribution in [2.75, 3.05) is 11.9 Å². The Balaban J connectivity index is 2.44. The molecule has 2 nitrogen and oxygen atoms in total. The summed E-state index contributed by atoms with van der Waals surface area (Å²) in [4.78, 5) is 1.85. The van der Waals surface area contributed by atoms with Gasteiger partial charge in [0, 0.05) is 18.8 Å². The van der Waals surface area contributed by atoms with Gasteiger partial charge in [-0.25, -0.2) is 4.39 Å². The molecule has 2 rings (SSSR count). The predicted molar refractivity (Wildman–Crippen MR) is 82.9 cm³/mol. The Bertz CT molecular complexity index is 576. The van der Waals surface area contributed by atoms with Gasteiger partial charge < -0.3 is 10.6 Å². The van der Waals surface area contributed by atoms with Gasteiger partial charge in [-0.1, -0.05) is 31.2 Å². The Morgan fingerprint density at radius 1 is 1.15 bits per heavy atom. The molecule has 2 aromatic carbocycles. The van der Waals surface area contributed by atoms with Gasteiger partial charge in [0.15, 0.2) is 0 Å². The fourth-order valence-electron chi connectivity index (χ4n) is 2.34. The Hall–Kier alpha value is -1.87. The van der Waals surface area contributed by atoms with Gasteiger partial charge in [-0.05, 0) is 42.7 Å². The molecule has 0 bridgehead atoms. The van der Waals surface area contributed by atoms with Crippen LogP contribution < -0.4 is 10.6 Å². The number of nitrogens with two attached hydrogens (primary N) is 1. The minimum absolute atomic E-state index is 0.210. The maximum atomic E-state index is 14.2. The van der Waals surface area contributed by atoms with Crippen LogP contribution in [0.5, 0.6) is 0 Å². The topological polar surface area (TPSA) is 29.3 Å². The third-order valence-corrected chi connectivity index (χ3v) is 3.58. The normalized spacial score (nSPS) is 12.2. The van der Waals surface area contributed by atoms with Crippen LogP contribution in [0.2, 0.25) is 0 Å². The summed E-state index contributed by atoms with van der Waals surface area (Å²) >= 11 is 0. The lowest BCUT2D eigenvalue weighted by atomic mass is 10.0. The third-order valence-electron chi connectivity index (χ3n) is 3.58. The van der Waals surface area contributed by atoms with Crippen LogP contribution in [0.15, 0.2) is 42.5 Å². The number of halogens is 1. The van der Waals surface area contributed by atoms with E-state index in [1.165, 1.54) is 11.6 Å². The molecule has 2 aromatic rings. The number of rotatable bonds is 4. The second-order valence-electron chi connectivity index (χ2n) is 5.05. The molecule has 0 radical (unpaired) electrons. The summed E-state index contributed by atoms with van der Waals surface area (Å²) in [5, 5.41) is 0. The van der Waals surface area contributed by atoms with Gasteiger partial charge in [-0.2, -0.15) is 0 Å². The summed E-state index contributed by atoms with van der Waals surface area (Å²) in [6, 6.07) is 13.0. The average Bonchev–Trinajstić information content (AvgIpc) is 2.46. The van der Waals surface area contributed by atoms with Crippen molar-refractivity contribution in [2.45, 2.75) is 26.3 Å². The molecule has 0 aromatic heterocycles. The number of benzene rings is 2. The van der Waals surface area contributed by atoms with Gasteiger partial charge in [0.2, 0.25) is 0 Å². The van der Waals surface area contributed by atoms with E-state index in [1.807, 2.05) is 37.1 Å². The number of aryl methyl sites for hydroxylation is 1. The number of hydrogen-bond acceptors (Lipinski definition) is 2. The first-order chi connectivity index (χ1) is 9.54. The highest BCUT2D eigenvalue weighted by Crippen LogP contribution is 2.32. The molecule has 0 aliphatic heterocycles. The third kappa shape index (κ3) is 2.83. The van der Waals surface area contributed by atoms with Crippen molar-refractivity contribution in [3.8, 4) is 0 Å². The van der Waals surface area contributed by atoms with Crippen molar-refractivity contribution in [1.82, 2.24) is 0 Å². The molecule has 0 unspecified atom stereocenters. The van der Waals surface area contributed by atoms with Crippen LogP contribution in [0.1, 0.15) is 31.0 Å². The van der Waals surface area contributed by atoms with Gasteiger partial charge in [0.25, 0.3) is 0 Å². The summed E-state index contributed by atoms with van der Waals surface area (Å²) in [5.41, 5.74) is 9.53. The largest absolute Gasteiger partial charge is 0.342 e. The zero-order valence-electron chi connectivity index (χ0n) is 12.2. The molecular formula is C17H21FN2. The Morgan fingerprint density at radius 2 is 1.80 bits per heavy atom. The van der Waals surface area contributed by atoms with Crippen molar-refractivity contribution in [2.24, 2.45) is 5.73 Å². The van der Waals surface area contributed by atoms with E-state index in [0.29, 0.717) is 5.69 Å². The molecule has 3 heteroatoms. The van der Waals surface area contributed by atoms with Crippen molar-refractivity contribution in [1.29, 1.82) is 0 Å². The molecule has 0 saturated heterocycles. The molecule has 0 amide bonds. The first-order valence-corrected chi connectivity index (χ1v) is 6.91. The smallest absolute Gasteiger partial charge is 0.147 e. The van der Waals surface area contributed by atoms with Crippen LogP contribution >= 0.6 is 0 Å². The van der Waals surface area contributed by atoms with Gasteiger partial charge in [-0.3, -0.25) is 0 Å². The van der Waals surface area contributed by atoms with E-state index in [0.717, 1.165) is 17.7 Å². The van der Waals surface area contributed by atoms with Crippen LogP contribution in [-0.2, 0) is 6.42 Å². The summed E-state index contributed by atoms with van der Waals surface area (Å²) in [5.74, 6) is -0.248. The van der Waals surface area contributed by atoms with Crippen LogP contribution in [0.3, 0.4) is 0 Å². The fourth-order valence-corrected chi connectivity index (χ4v) is 2.34. The van der Waals surface area contributed by atoms with E-state index < -0.39 is 0 Å². The van der Waals surface area contributed by atoms with Crippen molar-refractivity contribution >= 4 is 11.4 Å². The predicted octanol–water partition coefficient (Wildman–Crippen LogP) is 4.18. The van der Waals surface area contributed by atoms with Crippen molar-refractivity contribution in [3.05, 3.63) is 59.4 Å². The van der Waals surface area contributed by atoms with Crippen LogP contribution in [0, 0.1) is 5.82 Å². The average molecular weight is 272 g/mol. The molecule has 0 saturated carbocycles. The molecule has 0 aliphatic rings. The number of anilines is 2. The monoisotopic (exact) mass is 272 g/mol. The maximum Gasteiger partial charge on any atom is 0.147 e. The lowest BCUT2D eigenvalue weighted by molar-refractivity contribution is 0.622. The zero-order valence-corrected chi connectivity index (χ0v) is 12.2. The highest BCUT2D eigenvalue weighted by molar-refractivity contribution is 5.67. The fraction of sp³-hybridized carbons (Fsp3) is 0.294. The van der Waals surface area contributed by atoms with E-state index >= 15 is 0 Å². The first-order valence-electron chi connectivity index (χ1n) is 6.91. The maximum absolute atomic E-state index is 14.2.